The maximum absolute atomic E-state index is 12.6. The largest absolute Gasteiger partial charge is 0.454 e. The van der Waals surface area contributed by atoms with Crippen molar-refractivity contribution in [3.8, 4) is 0 Å². The Morgan fingerprint density at radius 2 is 1.87 bits per heavy atom. The van der Waals surface area contributed by atoms with Gasteiger partial charge in [-0.15, -0.1) is 0 Å². The summed E-state index contributed by atoms with van der Waals surface area (Å²) in [6, 6.07) is 13.3. The minimum atomic E-state index is -0.273. The zero-order chi connectivity index (χ0) is 22.4. The number of rotatable bonds is 9. The number of amides is 2. The Hall–Kier alpha value is -3.28. The third-order valence-electron chi connectivity index (χ3n) is 5.40. The van der Waals surface area contributed by atoms with Crippen LogP contribution in [0.4, 0.5) is 5.69 Å². The number of hydrogen-bond donors (Lipinski definition) is 1. The molecule has 2 amide bonds. The van der Waals surface area contributed by atoms with Crippen molar-refractivity contribution in [3.63, 3.8) is 0 Å². The smallest absolute Gasteiger partial charge is 0.291 e. The van der Waals surface area contributed by atoms with Crippen LogP contribution in [0, 0.1) is 13.8 Å². The summed E-state index contributed by atoms with van der Waals surface area (Å²) >= 11 is 0. The standard InChI is InChI=1S/C25H31N3O3/c1-5-13-28(24(29)6-2)16-21-8-7-14-27(21)17-22-11-12-23(31-22)25(30)26-20-10-9-18(3)19(4)15-20/h7-12,14-15H,5-6,13,16-17H2,1-4H3,(H,26,30). The highest BCUT2D eigenvalue weighted by atomic mass is 16.4. The molecule has 0 atom stereocenters. The van der Waals surface area contributed by atoms with Crippen LogP contribution >= 0.6 is 0 Å². The summed E-state index contributed by atoms with van der Waals surface area (Å²) in [5.41, 5.74) is 4.08. The number of nitrogens with zero attached hydrogens (tertiary/aromatic N) is 2. The van der Waals surface area contributed by atoms with Gasteiger partial charge in [-0.1, -0.05) is 19.9 Å². The lowest BCUT2D eigenvalue weighted by molar-refractivity contribution is -0.131. The molecule has 0 spiro atoms. The number of aryl methyl sites for hydroxylation is 2. The summed E-state index contributed by atoms with van der Waals surface area (Å²) < 4.78 is 7.86. The Labute approximate surface area is 183 Å². The Bertz CT molecular complexity index is 1050. The molecule has 0 fully saturated rings. The molecule has 164 valence electrons. The number of furan rings is 1. The first-order valence-electron chi connectivity index (χ1n) is 10.8. The van der Waals surface area contributed by atoms with Gasteiger partial charge >= 0.3 is 0 Å². The van der Waals surface area contributed by atoms with Crippen molar-refractivity contribution in [3.05, 3.63) is 77.0 Å². The van der Waals surface area contributed by atoms with Crippen LogP contribution in [0.1, 0.15) is 59.8 Å². The SMILES string of the molecule is CCCN(Cc1cccn1Cc1ccc(C(=O)Nc2ccc(C)c(C)c2)o1)C(=O)CC. The van der Waals surface area contributed by atoms with Crippen LogP contribution in [0.2, 0.25) is 0 Å². The molecule has 0 aliphatic rings. The topological polar surface area (TPSA) is 67.5 Å². The Kier molecular flexibility index (Phi) is 7.34. The third-order valence-corrected chi connectivity index (χ3v) is 5.40. The fourth-order valence-electron chi connectivity index (χ4n) is 3.49. The molecule has 2 aromatic heterocycles. The van der Waals surface area contributed by atoms with Gasteiger partial charge in [0.15, 0.2) is 5.76 Å². The van der Waals surface area contributed by atoms with Gasteiger partial charge in [0.25, 0.3) is 5.91 Å². The van der Waals surface area contributed by atoms with Gasteiger partial charge in [0.2, 0.25) is 5.91 Å². The van der Waals surface area contributed by atoms with Gasteiger partial charge in [-0.2, -0.15) is 0 Å². The molecule has 0 aliphatic heterocycles. The van der Waals surface area contributed by atoms with Gasteiger partial charge in [0.1, 0.15) is 5.76 Å². The lowest BCUT2D eigenvalue weighted by atomic mass is 10.1. The molecule has 0 unspecified atom stereocenters. The predicted molar refractivity (Wildman–Crippen MR) is 122 cm³/mol. The van der Waals surface area contributed by atoms with Gasteiger partial charge in [-0.25, -0.2) is 0 Å². The molecular formula is C25H31N3O3. The van der Waals surface area contributed by atoms with Crippen molar-refractivity contribution in [2.75, 3.05) is 11.9 Å². The summed E-state index contributed by atoms with van der Waals surface area (Å²) in [7, 11) is 0. The highest BCUT2D eigenvalue weighted by Gasteiger charge is 2.15. The Morgan fingerprint density at radius 1 is 1.06 bits per heavy atom. The summed E-state index contributed by atoms with van der Waals surface area (Å²) in [4.78, 5) is 26.7. The summed E-state index contributed by atoms with van der Waals surface area (Å²) in [5.74, 6) is 0.838. The predicted octanol–water partition coefficient (Wildman–Crippen LogP) is 5.15. The van der Waals surface area contributed by atoms with Crippen molar-refractivity contribution in [2.45, 2.75) is 53.6 Å². The first kappa shape index (κ1) is 22.4. The van der Waals surface area contributed by atoms with E-state index in [1.165, 1.54) is 5.56 Å². The van der Waals surface area contributed by atoms with E-state index in [2.05, 4.69) is 16.8 Å². The van der Waals surface area contributed by atoms with Gasteiger partial charge in [-0.3, -0.25) is 9.59 Å². The van der Waals surface area contributed by atoms with Crippen LogP contribution in [0.25, 0.3) is 0 Å². The molecule has 3 rings (SSSR count). The molecular weight excluding hydrogens is 390 g/mol. The van der Waals surface area contributed by atoms with Gasteiger partial charge < -0.3 is 19.2 Å². The van der Waals surface area contributed by atoms with Crippen molar-refractivity contribution in [1.29, 1.82) is 0 Å². The molecule has 2 heterocycles. The first-order chi connectivity index (χ1) is 14.9. The number of aromatic nitrogens is 1. The van der Waals surface area contributed by atoms with E-state index in [0.29, 0.717) is 25.3 Å². The van der Waals surface area contributed by atoms with Crippen LogP contribution in [0.3, 0.4) is 0 Å². The molecule has 6 nitrogen and oxygen atoms in total. The third kappa shape index (κ3) is 5.66. The normalized spacial score (nSPS) is 10.8. The van der Waals surface area contributed by atoms with E-state index in [0.717, 1.165) is 29.9 Å². The molecule has 6 heteroatoms. The molecule has 1 aromatic carbocycles. The second kappa shape index (κ2) is 10.2. The van der Waals surface area contributed by atoms with E-state index in [1.54, 1.807) is 6.07 Å². The van der Waals surface area contributed by atoms with Crippen LogP contribution in [-0.2, 0) is 17.9 Å². The summed E-state index contributed by atoms with van der Waals surface area (Å²) in [6.07, 6.45) is 3.38. The summed E-state index contributed by atoms with van der Waals surface area (Å²) in [6.45, 7) is 9.81. The van der Waals surface area contributed by atoms with E-state index >= 15 is 0 Å². The van der Waals surface area contributed by atoms with Crippen LogP contribution < -0.4 is 5.32 Å². The molecule has 0 radical (unpaired) electrons. The average molecular weight is 422 g/mol. The Balaban J connectivity index is 1.67. The lowest BCUT2D eigenvalue weighted by Crippen LogP contribution is -2.31. The highest BCUT2D eigenvalue weighted by Crippen LogP contribution is 2.18. The molecule has 31 heavy (non-hydrogen) atoms. The minimum absolute atomic E-state index is 0.151. The zero-order valence-corrected chi connectivity index (χ0v) is 18.8. The fraction of sp³-hybridized carbons (Fsp3) is 0.360. The minimum Gasteiger partial charge on any atom is -0.454 e. The average Bonchev–Trinajstić information content (AvgIpc) is 3.40. The van der Waals surface area contributed by atoms with E-state index < -0.39 is 0 Å². The van der Waals surface area contributed by atoms with E-state index in [1.807, 2.05) is 68.3 Å². The molecule has 0 saturated carbocycles. The van der Waals surface area contributed by atoms with E-state index in [4.69, 9.17) is 4.42 Å². The zero-order valence-electron chi connectivity index (χ0n) is 18.8. The lowest BCUT2D eigenvalue weighted by Gasteiger charge is -2.22. The molecule has 0 saturated heterocycles. The maximum Gasteiger partial charge on any atom is 0.291 e. The Morgan fingerprint density at radius 3 is 2.58 bits per heavy atom. The van der Waals surface area contributed by atoms with Crippen molar-refractivity contribution < 1.29 is 14.0 Å². The van der Waals surface area contributed by atoms with Crippen LogP contribution in [0.5, 0.6) is 0 Å². The molecule has 3 aromatic rings. The maximum atomic E-state index is 12.6. The number of anilines is 1. The number of nitrogens with one attached hydrogen (secondary N) is 1. The van der Waals surface area contributed by atoms with Crippen LogP contribution in [-0.4, -0.2) is 27.8 Å². The highest BCUT2D eigenvalue weighted by molar-refractivity contribution is 6.02. The molecule has 0 aliphatic carbocycles. The van der Waals surface area contributed by atoms with Gasteiger partial charge in [-0.05, 0) is 67.8 Å². The fourth-order valence-corrected chi connectivity index (χ4v) is 3.49. The number of carbonyl (C=O) groups excluding carboxylic acids is 2. The number of benzene rings is 1. The van der Waals surface area contributed by atoms with Crippen molar-refractivity contribution >= 4 is 17.5 Å². The summed E-state index contributed by atoms with van der Waals surface area (Å²) in [5, 5.41) is 2.89. The van der Waals surface area contributed by atoms with Gasteiger partial charge in [0.05, 0.1) is 13.1 Å². The number of carbonyl (C=O) groups is 2. The number of hydrogen-bond acceptors (Lipinski definition) is 3. The molecule has 0 bridgehead atoms. The monoisotopic (exact) mass is 421 g/mol. The van der Waals surface area contributed by atoms with Crippen molar-refractivity contribution in [1.82, 2.24) is 9.47 Å². The quantitative estimate of drug-likeness (QED) is 0.520. The van der Waals surface area contributed by atoms with Crippen LogP contribution in [0.15, 0.2) is 53.1 Å². The van der Waals surface area contributed by atoms with Crippen molar-refractivity contribution in [2.24, 2.45) is 0 Å². The second-order valence-electron chi connectivity index (χ2n) is 7.82. The first-order valence-corrected chi connectivity index (χ1v) is 10.8. The van der Waals surface area contributed by atoms with Gasteiger partial charge in [0, 0.05) is 30.5 Å². The molecule has 1 N–H and O–H groups in total. The van der Waals surface area contributed by atoms with E-state index in [-0.39, 0.29) is 17.6 Å². The van der Waals surface area contributed by atoms with E-state index in [9.17, 15) is 9.59 Å². The second-order valence-corrected chi connectivity index (χ2v) is 7.82.